The molecule has 0 fully saturated rings. The molecule has 2 rings (SSSR count). The Labute approximate surface area is 149 Å². The van der Waals surface area contributed by atoms with E-state index in [1.54, 1.807) is 13.1 Å². The highest BCUT2D eigenvalue weighted by Gasteiger charge is 2.31. The maximum Gasteiger partial charge on any atom is 0.573 e. The Morgan fingerprint density at radius 1 is 1.35 bits per heavy atom. The summed E-state index contributed by atoms with van der Waals surface area (Å²) >= 11 is 0. The molecular weight excluding hydrogens is 373 g/mol. The summed E-state index contributed by atoms with van der Waals surface area (Å²) in [6, 6.07) is 3.91. The van der Waals surface area contributed by atoms with Crippen LogP contribution in [0.15, 0.2) is 39.3 Å². The first-order chi connectivity index (χ1) is 12.1. The number of alkyl halides is 3. The number of sulfonamides is 1. The van der Waals surface area contributed by atoms with Crippen molar-refractivity contribution in [2.24, 2.45) is 16.0 Å². The predicted octanol–water partition coefficient (Wildman–Crippen LogP) is 2.57. The lowest BCUT2D eigenvalue weighted by Crippen LogP contribution is -2.41. The van der Waals surface area contributed by atoms with E-state index in [4.69, 9.17) is 0 Å². The molecule has 0 aliphatic carbocycles. The van der Waals surface area contributed by atoms with E-state index in [0.29, 0.717) is 13.1 Å². The first kappa shape index (κ1) is 20.0. The van der Waals surface area contributed by atoms with Crippen molar-refractivity contribution in [3.8, 4) is 5.75 Å². The molecule has 1 aliphatic heterocycles. The van der Waals surface area contributed by atoms with Crippen molar-refractivity contribution in [1.29, 1.82) is 0 Å². The quantitative estimate of drug-likeness (QED) is 0.617. The molecule has 0 spiro atoms. The van der Waals surface area contributed by atoms with Crippen LogP contribution in [-0.2, 0) is 10.0 Å². The third kappa shape index (κ3) is 5.35. The predicted molar refractivity (Wildman–Crippen MR) is 90.4 cm³/mol. The molecule has 0 radical (unpaired) electrons. The Morgan fingerprint density at radius 3 is 2.50 bits per heavy atom. The zero-order valence-electron chi connectivity index (χ0n) is 14.2. The standard InChI is InChI=1S/C15H19F3N4O3S/c1-3-11-9-20-22(10-11)14(19-4-2)21-26(23,24)13-7-5-12(6-8-13)25-15(16,17)18/h5-9,11H,3-4,10H2,1-2H3,(H,19,21). The minimum Gasteiger partial charge on any atom is -0.406 e. The maximum atomic E-state index is 12.5. The summed E-state index contributed by atoms with van der Waals surface area (Å²) in [7, 11) is -4.04. The zero-order valence-corrected chi connectivity index (χ0v) is 15.0. The van der Waals surface area contributed by atoms with E-state index in [-0.39, 0.29) is 16.8 Å². The molecule has 1 atom stereocenters. The lowest BCUT2D eigenvalue weighted by atomic mass is 10.1. The van der Waals surface area contributed by atoms with Crippen LogP contribution in [0.2, 0.25) is 0 Å². The smallest absolute Gasteiger partial charge is 0.406 e. The molecule has 0 amide bonds. The van der Waals surface area contributed by atoms with Gasteiger partial charge < -0.3 is 4.74 Å². The average molecular weight is 392 g/mol. The van der Waals surface area contributed by atoms with Crippen LogP contribution in [0.3, 0.4) is 0 Å². The highest BCUT2D eigenvalue weighted by atomic mass is 32.2. The lowest BCUT2D eigenvalue weighted by Gasteiger charge is -2.19. The summed E-state index contributed by atoms with van der Waals surface area (Å²) in [5.74, 6) is -0.246. The van der Waals surface area contributed by atoms with Crippen LogP contribution in [0.5, 0.6) is 5.75 Å². The summed E-state index contributed by atoms with van der Waals surface area (Å²) in [5, 5.41) is 5.60. The number of rotatable bonds is 5. The van der Waals surface area contributed by atoms with Crippen LogP contribution in [-0.4, -0.2) is 45.1 Å². The number of halogens is 3. The molecule has 1 aromatic rings. The van der Waals surface area contributed by atoms with Crippen LogP contribution in [0.1, 0.15) is 20.3 Å². The SMILES string of the molecule is CCN=C(NS(=O)(=O)c1ccc(OC(F)(F)F)cc1)N1CC(CC)C=N1. The zero-order chi connectivity index (χ0) is 19.4. The number of hydrazone groups is 1. The number of hydrogen-bond acceptors (Lipinski definition) is 5. The van der Waals surface area contributed by atoms with Gasteiger partial charge in [-0.15, -0.1) is 13.2 Å². The van der Waals surface area contributed by atoms with Gasteiger partial charge in [-0.25, -0.2) is 18.1 Å². The molecule has 7 nitrogen and oxygen atoms in total. The Kier molecular flexibility index (Phi) is 6.11. The number of benzene rings is 1. The van der Waals surface area contributed by atoms with Crippen molar-refractivity contribution < 1.29 is 26.3 Å². The van der Waals surface area contributed by atoms with Crippen LogP contribution < -0.4 is 9.46 Å². The van der Waals surface area contributed by atoms with Crippen LogP contribution in [0.4, 0.5) is 13.2 Å². The van der Waals surface area contributed by atoms with Crippen molar-refractivity contribution in [2.75, 3.05) is 13.1 Å². The second kappa shape index (κ2) is 7.94. The van der Waals surface area contributed by atoms with Gasteiger partial charge in [0.2, 0.25) is 5.96 Å². The average Bonchev–Trinajstić information content (AvgIpc) is 3.02. The van der Waals surface area contributed by atoms with E-state index in [2.05, 4.69) is 19.6 Å². The fourth-order valence-electron chi connectivity index (χ4n) is 2.18. The van der Waals surface area contributed by atoms with Crippen LogP contribution >= 0.6 is 0 Å². The van der Waals surface area contributed by atoms with E-state index < -0.39 is 22.1 Å². The van der Waals surface area contributed by atoms with Crippen LogP contribution in [0, 0.1) is 5.92 Å². The minimum absolute atomic E-state index is 0.0651. The van der Waals surface area contributed by atoms with Gasteiger partial charge in [-0.2, -0.15) is 5.10 Å². The molecule has 1 unspecified atom stereocenters. The van der Waals surface area contributed by atoms with Gasteiger partial charge in [0.25, 0.3) is 10.0 Å². The number of hydrogen-bond donors (Lipinski definition) is 1. The molecule has 0 bridgehead atoms. The molecule has 144 valence electrons. The molecule has 0 saturated carbocycles. The van der Waals surface area contributed by atoms with Gasteiger partial charge >= 0.3 is 6.36 Å². The minimum atomic E-state index is -4.84. The second-order valence-corrected chi connectivity index (χ2v) is 7.12. The van der Waals surface area contributed by atoms with E-state index >= 15 is 0 Å². The third-order valence-corrected chi connectivity index (χ3v) is 4.84. The number of nitrogens with zero attached hydrogens (tertiary/aromatic N) is 3. The molecule has 1 N–H and O–H groups in total. The van der Waals surface area contributed by atoms with Gasteiger partial charge in [-0.1, -0.05) is 6.92 Å². The van der Waals surface area contributed by atoms with Gasteiger partial charge in [-0.05, 0) is 37.6 Å². The van der Waals surface area contributed by atoms with Gasteiger partial charge in [-0.3, -0.25) is 4.99 Å². The fraction of sp³-hybridized carbons (Fsp3) is 0.467. The van der Waals surface area contributed by atoms with E-state index in [9.17, 15) is 21.6 Å². The lowest BCUT2D eigenvalue weighted by molar-refractivity contribution is -0.274. The van der Waals surface area contributed by atoms with Crippen molar-refractivity contribution in [2.45, 2.75) is 31.5 Å². The molecule has 1 aromatic carbocycles. The van der Waals surface area contributed by atoms with Gasteiger partial charge in [0.15, 0.2) is 0 Å². The summed E-state index contributed by atoms with van der Waals surface area (Å²) in [4.78, 5) is 3.90. The Morgan fingerprint density at radius 2 is 2.00 bits per heavy atom. The van der Waals surface area contributed by atoms with Crippen molar-refractivity contribution >= 4 is 22.2 Å². The van der Waals surface area contributed by atoms with Crippen molar-refractivity contribution in [3.63, 3.8) is 0 Å². The number of ether oxygens (including phenoxy) is 1. The number of aliphatic imine (C=N–C) groups is 1. The van der Waals surface area contributed by atoms with Crippen molar-refractivity contribution in [1.82, 2.24) is 9.73 Å². The molecule has 1 aliphatic rings. The molecule has 0 aromatic heterocycles. The van der Waals surface area contributed by atoms with E-state index in [0.717, 1.165) is 30.7 Å². The summed E-state index contributed by atoms with van der Waals surface area (Å²) in [6.45, 7) is 4.56. The maximum absolute atomic E-state index is 12.5. The first-order valence-electron chi connectivity index (χ1n) is 7.89. The van der Waals surface area contributed by atoms with E-state index in [1.165, 1.54) is 5.01 Å². The molecule has 26 heavy (non-hydrogen) atoms. The fourth-order valence-corrected chi connectivity index (χ4v) is 3.21. The monoisotopic (exact) mass is 392 g/mol. The number of nitrogens with one attached hydrogen (secondary N) is 1. The molecule has 11 heteroatoms. The van der Waals surface area contributed by atoms with Crippen molar-refractivity contribution in [3.05, 3.63) is 24.3 Å². The highest BCUT2D eigenvalue weighted by molar-refractivity contribution is 7.90. The topological polar surface area (TPSA) is 83.4 Å². The largest absolute Gasteiger partial charge is 0.573 e. The Balaban J connectivity index is 2.15. The second-order valence-electron chi connectivity index (χ2n) is 5.44. The molecule has 1 heterocycles. The molecular formula is C15H19F3N4O3S. The number of guanidine groups is 1. The summed E-state index contributed by atoms with van der Waals surface area (Å²) in [5.41, 5.74) is 0. The van der Waals surface area contributed by atoms with Gasteiger partial charge in [0, 0.05) is 18.7 Å². The van der Waals surface area contributed by atoms with Crippen LogP contribution in [0.25, 0.3) is 0 Å². The first-order valence-corrected chi connectivity index (χ1v) is 9.37. The normalized spacial score (nSPS) is 18.3. The molecule has 0 saturated heterocycles. The van der Waals surface area contributed by atoms with Gasteiger partial charge in [0.05, 0.1) is 11.4 Å². The third-order valence-electron chi connectivity index (χ3n) is 3.49. The summed E-state index contributed by atoms with van der Waals surface area (Å²) in [6.07, 6.45) is -2.27. The van der Waals surface area contributed by atoms with E-state index in [1.807, 2.05) is 6.92 Å². The Bertz CT molecular complexity index is 776. The highest BCUT2D eigenvalue weighted by Crippen LogP contribution is 2.24. The summed E-state index contributed by atoms with van der Waals surface area (Å²) < 4.78 is 67.6. The van der Waals surface area contributed by atoms with Gasteiger partial charge in [0.1, 0.15) is 5.75 Å². The Hall–Kier alpha value is -2.30.